The van der Waals surface area contributed by atoms with Crippen molar-refractivity contribution < 1.29 is 14.7 Å². The summed E-state index contributed by atoms with van der Waals surface area (Å²) in [6, 6.07) is 0. The number of aryl methyl sites for hydroxylation is 1. The van der Waals surface area contributed by atoms with E-state index < -0.39 is 12.2 Å². The van der Waals surface area contributed by atoms with Gasteiger partial charge in [0, 0.05) is 19.5 Å². The Balaban J connectivity index is 1.89. The van der Waals surface area contributed by atoms with Crippen LogP contribution in [0, 0.1) is 0 Å². The Morgan fingerprint density at radius 1 is 1.38 bits per heavy atom. The fourth-order valence-corrected chi connectivity index (χ4v) is 1.85. The fraction of sp³-hybridized carbons (Fsp3) is 0.800. The number of hydrogen-bond acceptors (Lipinski definition) is 6. The Kier molecular flexibility index (Phi) is 3.52. The highest BCUT2D eigenvalue weighted by atomic mass is 16.5. The molecule has 1 aliphatic heterocycles. The van der Waals surface area contributed by atoms with Crippen molar-refractivity contribution in [2.24, 2.45) is 0 Å². The molecule has 2 heterocycles. The minimum absolute atomic E-state index is 0.457. The molecule has 0 aliphatic carbocycles. The number of likely N-dealkylation sites (tertiary alicyclic amines) is 1. The zero-order chi connectivity index (χ0) is 11.5. The standard InChI is InChI=1S/C10H17N3O3/c1-2-3-10-11-9(12-16-10)6-13-4-7(14)8(15)5-13/h7-8,14-15H,2-6H2,1H3. The van der Waals surface area contributed by atoms with Crippen LogP contribution >= 0.6 is 0 Å². The third kappa shape index (κ3) is 2.58. The monoisotopic (exact) mass is 227 g/mol. The van der Waals surface area contributed by atoms with Gasteiger partial charge < -0.3 is 14.7 Å². The van der Waals surface area contributed by atoms with E-state index in [1.807, 2.05) is 4.90 Å². The molecule has 0 spiro atoms. The predicted octanol–water partition coefficient (Wildman–Crippen LogP) is -0.441. The third-order valence-corrected chi connectivity index (χ3v) is 2.67. The van der Waals surface area contributed by atoms with Crippen LogP contribution in [0.4, 0.5) is 0 Å². The summed E-state index contributed by atoms with van der Waals surface area (Å²) in [6.45, 7) is 3.48. The van der Waals surface area contributed by atoms with Crippen LogP contribution in [0.25, 0.3) is 0 Å². The van der Waals surface area contributed by atoms with E-state index in [2.05, 4.69) is 17.1 Å². The second-order valence-corrected chi connectivity index (χ2v) is 4.18. The second-order valence-electron chi connectivity index (χ2n) is 4.18. The second kappa shape index (κ2) is 4.90. The van der Waals surface area contributed by atoms with Crippen LogP contribution in [0.15, 0.2) is 4.52 Å². The van der Waals surface area contributed by atoms with Gasteiger partial charge in [-0.3, -0.25) is 4.90 Å². The molecule has 1 fully saturated rings. The molecule has 1 aliphatic rings. The van der Waals surface area contributed by atoms with Gasteiger partial charge in [0.2, 0.25) is 5.89 Å². The first-order valence-electron chi connectivity index (χ1n) is 5.59. The van der Waals surface area contributed by atoms with E-state index in [-0.39, 0.29) is 0 Å². The molecule has 0 radical (unpaired) electrons. The van der Waals surface area contributed by atoms with Gasteiger partial charge in [-0.05, 0) is 6.42 Å². The van der Waals surface area contributed by atoms with Gasteiger partial charge >= 0.3 is 0 Å². The van der Waals surface area contributed by atoms with E-state index >= 15 is 0 Å². The predicted molar refractivity (Wildman–Crippen MR) is 55.6 cm³/mol. The SMILES string of the molecule is CCCc1nc(CN2CC(O)C(O)C2)no1. The zero-order valence-corrected chi connectivity index (χ0v) is 9.33. The van der Waals surface area contributed by atoms with Gasteiger partial charge in [-0.15, -0.1) is 0 Å². The van der Waals surface area contributed by atoms with Crippen molar-refractivity contribution in [3.05, 3.63) is 11.7 Å². The molecule has 0 aromatic carbocycles. The normalized spacial score (nSPS) is 26.4. The van der Waals surface area contributed by atoms with E-state index in [4.69, 9.17) is 4.52 Å². The molecule has 1 aromatic rings. The van der Waals surface area contributed by atoms with E-state index in [0.717, 1.165) is 12.8 Å². The van der Waals surface area contributed by atoms with Gasteiger partial charge in [0.05, 0.1) is 18.8 Å². The van der Waals surface area contributed by atoms with Crippen LogP contribution in [0.2, 0.25) is 0 Å². The van der Waals surface area contributed by atoms with Gasteiger partial charge in [0.1, 0.15) is 0 Å². The van der Waals surface area contributed by atoms with E-state index in [9.17, 15) is 10.2 Å². The Morgan fingerprint density at radius 2 is 2.06 bits per heavy atom. The molecule has 0 saturated carbocycles. The number of aromatic nitrogens is 2. The summed E-state index contributed by atoms with van der Waals surface area (Å²) in [5.41, 5.74) is 0. The van der Waals surface area contributed by atoms with Gasteiger partial charge in [-0.1, -0.05) is 12.1 Å². The number of nitrogens with zero attached hydrogens (tertiary/aromatic N) is 3. The lowest BCUT2D eigenvalue weighted by molar-refractivity contribution is 0.0572. The summed E-state index contributed by atoms with van der Waals surface area (Å²) in [4.78, 5) is 6.14. The molecule has 2 unspecified atom stereocenters. The number of β-amino-alcohol motifs (C(OH)–C–C–N with tert-alkyl or cyclic N) is 2. The number of aliphatic hydroxyl groups excluding tert-OH is 2. The zero-order valence-electron chi connectivity index (χ0n) is 9.33. The van der Waals surface area contributed by atoms with Crippen LogP contribution in [-0.4, -0.2) is 50.6 Å². The molecule has 6 nitrogen and oxygen atoms in total. The van der Waals surface area contributed by atoms with E-state index in [0.29, 0.717) is 31.3 Å². The van der Waals surface area contributed by atoms with E-state index in [1.54, 1.807) is 0 Å². The molecule has 6 heteroatoms. The highest BCUT2D eigenvalue weighted by Crippen LogP contribution is 2.12. The molecule has 1 saturated heterocycles. The van der Waals surface area contributed by atoms with Crippen molar-refractivity contribution in [1.82, 2.24) is 15.0 Å². The number of hydrogen-bond donors (Lipinski definition) is 2. The van der Waals surface area contributed by atoms with Crippen molar-refractivity contribution in [3.8, 4) is 0 Å². The minimum Gasteiger partial charge on any atom is -0.389 e. The molecule has 90 valence electrons. The van der Waals surface area contributed by atoms with Crippen molar-refractivity contribution >= 4 is 0 Å². The largest absolute Gasteiger partial charge is 0.389 e. The van der Waals surface area contributed by atoms with E-state index in [1.165, 1.54) is 0 Å². The summed E-state index contributed by atoms with van der Waals surface area (Å²) in [7, 11) is 0. The van der Waals surface area contributed by atoms with Gasteiger partial charge in [-0.25, -0.2) is 0 Å². The first-order valence-corrected chi connectivity index (χ1v) is 5.59. The van der Waals surface area contributed by atoms with Crippen LogP contribution in [0.5, 0.6) is 0 Å². The van der Waals surface area contributed by atoms with Crippen LogP contribution < -0.4 is 0 Å². The Hall–Kier alpha value is -0.980. The average Bonchev–Trinajstić information content (AvgIpc) is 2.77. The number of rotatable bonds is 4. The quantitative estimate of drug-likeness (QED) is 0.725. The van der Waals surface area contributed by atoms with Crippen LogP contribution in [0.3, 0.4) is 0 Å². The van der Waals surface area contributed by atoms with Gasteiger partial charge in [0.25, 0.3) is 0 Å². The van der Waals surface area contributed by atoms with Crippen LogP contribution in [-0.2, 0) is 13.0 Å². The summed E-state index contributed by atoms with van der Waals surface area (Å²) in [5, 5.41) is 22.6. The minimum atomic E-state index is -0.665. The van der Waals surface area contributed by atoms with Gasteiger partial charge in [0.15, 0.2) is 5.82 Å². The molecular formula is C10H17N3O3. The molecule has 2 rings (SSSR count). The average molecular weight is 227 g/mol. The summed E-state index contributed by atoms with van der Waals surface area (Å²) < 4.78 is 5.06. The first-order chi connectivity index (χ1) is 7.69. The lowest BCUT2D eigenvalue weighted by atomic mass is 10.3. The maximum Gasteiger partial charge on any atom is 0.226 e. The molecule has 0 amide bonds. The highest BCUT2D eigenvalue weighted by Gasteiger charge is 2.30. The maximum absolute atomic E-state index is 9.38. The summed E-state index contributed by atoms with van der Waals surface area (Å²) in [5.74, 6) is 1.27. The Morgan fingerprint density at radius 3 is 2.69 bits per heavy atom. The molecule has 1 aromatic heterocycles. The van der Waals surface area contributed by atoms with Crippen molar-refractivity contribution in [1.29, 1.82) is 0 Å². The lowest BCUT2D eigenvalue weighted by Gasteiger charge is -2.10. The molecule has 2 N–H and O–H groups in total. The topological polar surface area (TPSA) is 82.6 Å². The first kappa shape index (κ1) is 11.5. The molecule has 2 atom stereocenters. The molecular weight excluding hydrogens is 210 g/mol. The smallest absolute Gasteiger partial charge is 0.226 e. The summed E-state index contributed by atoms with van der Waals surface area (Å²) >= 11 is 0. The lowest BCUT2D eigenvalue weighted by Crippen LogP contribution is -2.22. The molecule has 16 heavy (non-hydrogen) atoms. The third-order valence-electron chi connectivity index (χ3n) is 2.67. The molecule has 0 bridgehead atoms. The Labute approximate surface area is 93.9 Å². The van der Waals surface area contributed by atoms with Crippen molar-refractivity contribution in [2.45, 2.75) is 38.5 Å². The Bertz CT molecular complexity index is 332. The van der Waals surface area contributed by atoms with Crippen LogP contribution in [0.1, 0.15) is 25.1 Å². The fourth-order valence-electron chi connectivity index (χ4n) is 1.85. The summed E-state index contributed by atoms with van der Waals surface area (Å²) in [6.07, 6.45) is 0.435. The van der Waals surface area contributed by atoms with Crippen molar-refractivity contribution in [2.75, 3.05) is 13.1 Å². The van der Waals surface area contributed by atoms with Gasteiger partial charge in [-0.2, -0.15) is 4.98 Å². The number of aliphatic hydroxyl groups is 2. The highest BCUT2D eigenvalue weighted by molar-refractivity contribution is 4.90. The van der Waals surface area contributed by atoms with Crippen molar-refractivity contribution in [3.63, 3.8) is 0 Å². The maximum atomic E-state index is 9.38.